The zero-order chi connectivity index (χ0) is 17.0. The van der Waals surface area contributed by atoms with Crippen LogP contribution in [0.25, 0.3) is 0 Å². The molecule has 0 aliphatic rings. The van der Waals surface area contributed by atoms with Crippen LogP contribution in [-0.4, -0.2) is 5.11 Å². The summed E-state index contributed by atoms with van der Waals surface area (Å²) in [6.45, 7) is 10.7. The number of hydrogen-bond acceptors (Lipinski definition) is 1. The van der Waals surface area contributed by atoms with E-state index >= 15 is 0 Å². The van der Waals surface area contributed by atoms with Crippen molar-refractivity contribution in [3.05, 3.63) is 64.7 Å². The molecular formula is C20H26N2S. The van der Waals surface area contributed by atoms with E-state index in [1.54, 1.807) is 0 Å². The van der Waals surface area contributed by atoms with Crippen LogP contribution in [0.4, 0.5) is 5.69 Å². The SMILES string of the molecule is Cc1ccc(NC(=S)NC(C)c2ccc(C(C)C)cc2)c(C)c1. The summed E-state index contributed by atoms with van der Waals surface area (Å²) in [5.41, 5.74) is 6.10. The predicted molar refractivity (Wildman–Crippen MR) is 104 cm³/mol. The number of nitrogens with one attached hydrogen (secondary N) is 2. The van der Waals surface area contributed by atoms with Crippen molar-refractivity contribution in [3.63, 3.8) is 0 Å². The van der Waals surface area contributed by atoms with E-state index in [9.17, 15) is 0 Å². The number of anilines is 1. The summed E-state index contributed by atoms with van der Waals surface area (Å²) < 4.78 is 0. The lowest BCUT2D eigenvalue weighted by Gasteiger charge is -2.19. The second-order valence-electron chi connectivity index (χ2n) is 6.46. The van der Waals surface area contributed by atoms with Crippen molar-refractivity contribution >= 4 is 23.0 Å². The molecule has 23 heavy (non-hydrogen) atoms. The molecule has 1 unspecified atom stereocenters. The average molecular weight is 327 g/mol. The van der Waals surface area contributed by atoms with Gasteiger partial charge in [0.15, 0.2) is 5.11 Å². The van der Waals surface area contributed by atoms with Crippen LogP contribution in [0.1, 0.15) is 55.0 Å². The molecule has 1 atom stereocenters. The Bertz CT molecular complexity index is 675. The van der Waals surface area contributed by atoms with Gasteiger partial charge in [-0.15, -0.1) is 0 Å². The van der Waals surface area contributed by atoms with Gasteiger partial charge >= 0.3 is 0 Å². The molecule has 0 aliphatic heterocycles. The Kier molecular flexibility index (Phi) is 5.78. The minimum absolute atomic E-state index is 0.168. The highest BCUT2D eigenvalue weighted by atomic mass is 32.1. The topological polar surface area (TPSA) is 24.1 Å². The number of hydrogen-bond donors (Lipinski definition) is 2. The molecule has 0 bridgehead atoms. The number of aryl methyl sites for hydroxylation is 2. The Labute approximate surface area is 145 Å². The largest absolute Gasteiger partial charge is 0.356 e. The van der Waals surface area contributed by atoms with Gasteiger partial charge in [-0.05, 0) is 61.7 Å². The maximum Gasteiger partial charge on any atom is 0.171 e. The lowest BCUT2D eigenvalue weighted by atomic mass is 10.00. The van der Waals surface area contributed by atoms with Crippen LogP contribution in [-0.2, 0) is 0 Å². The summed E-state index contributed by atoms with van der Waals surface area (Å²) in [6, 6.07) is 15.2. The lowest BCUT2D eigenvalue weighted by Crippen LogP contribution is -2.31. The molecule has 0 aromatic heterocycles. The van der Waals surface area contributed by atoms with Crippen molar-refractivity contribution in [1.29, 1.82) is 0 Å². The Balaban J connectivity index is 1.99. The van der Waals surface area contributed by atoms with Crippen LogP contribution >= 0.6 is 12.2 Å². The maximum atomic E-state index is 5.45. The molecule has 0 fully saturated rings. The molecule has 0 amide bonds. The summed E-state index contributed by atoms with van der Waals surface area (Å²) in [4.78, 5) is 0. The summed E-state index contributed by atoms with van der Waals surface area (Å²) in [6.07, 6.45) is 0. The molecule has 0 saturated heterocycles. The lowest BCUT2D eigenvalue weighted by molar-refractivity contribution is 0.721. The molecule has 2 aromatic rings. The van der Waals surface area contributed by atoms with E-state index in [0.29, 0.717) is 11.0 Å². The average Bonchev–Trinajstić information content (AvgIpc) is 2.50. The van der Waals surface area contributed by atoms with Gasteiger partial charge in [0.2, 0.25) is 0 Å². The normalized spacial score (nSPS) is 12.1. The summed E-state index contributed by atoms with van der Waals surface area (Å²) in [5.74, 6) is 0.555. The number of benzene rings is 2. The van der Waals surface area contributed by atoms with Crippen LogP contribution in [0.2, 0.25) is 0 Å². The third kappa shape index (κ3) is 4.80. The molecule has 0 aliphatic carbocycles. The monoisotopic (exact) mass is 326 g/mol. The number of rotatable bonds is 4. The van der Waals surface area contributed by atoms with E-state index in [0.717, 1.165) is 5.69 Å². The summed E-state index contributed by atoms with van der Waals surface area (Å²) >= 11 is 5.45. The van der Waals surface area contributed by atoms with Crippen molar-refractivity contribution < 1.29 is 0 Å². The zero-order valence-corrected chi connectivity index (χ0v) is 15.4. The fourth-order valence-corrected chi connectivity index (χ4v) is 2.85. The fraction of sp³-hybridized carbons (Fsp3) is 0.350. The summed E-state index contributed by atoms with van der Waals surface area (Å²) in [5, 5.41) is 7.29. The van der Waals surface area contributed by atoms with E-state index in [4.69, 9.17) is 12.2 Å². The molecule has 122 valence electrons. The first-order valence-electron chi connectivity index (χ1n) is 8.11. The van der Waals surface area contributed by atoms with E-state index in [2.05, 4.69) is 87.7 Å². The summed E-state index contributed by atoms with van der Waals surface area (Å²) in [7, 11) is 0. The first-order chi connectivity index (χ1) is 10.9. The first kappa shape index (κ1) is 17.5. The van der Waals surface area contributed by atoms with Crippen LogP contribution in [0, 0.1) is 13.8 Å². The Morgan fingerprint density at radius 1 is 0.913 bits per heavy atom. The highest BCUT2D eigenvalue weighted by molar-refractivity contribution is 7.80. The van der Waals surface area contributed by atoms with Gasteiger partial charge in [-0.25, -0.2) is 0 Å². The van der Waals surface area contributed by atoms with Gasteiger partial charge in [0.25, 0.3) is 0 Å². The molecule has 2 N–H and O–H groups in total. The van der Waals surface area contributed by atoms with Gasteiger partial charge in [0.1, 0.15) is 0 Å². The standard InChI is InChI=1S/C20H26N2S/c1-13(2)17-7-9-18(10-8-17)16(5)21-20(23)22-19-11-6-14(3)12-15(19)4/h6-13,16H,1-5H3,(H2,21,22,23). The van der Waals surface area contributed by atoms with Crippen molar-refractivity contribution in [3.8, 4) is 0 Å². The molecule has 2 rings (SSSR count). The van der Waals surface area contributed by atoms with Gasteiger partial charge < -0.3 is 10.6 Å². The second-order valence-corrected chi connectivity index (χ2v) is 6.87. The molecule has 2 aromatic carbocycles. The fourth-order valence-electron chi connectivity index (χ4n) is 2.56. The Morgan fingerprint density at radius 3 is 2.09 bits per heavy atom. The molecule has 0 spiro atoms. The van der Waals surface area contributed by atoms with Gasteiger partial charge in [-0.3, -0.25) is 0 Å². The van der Waals surface area contributed by atoms with Crippen molar-refractivity contribution in [2.45, 2.75) is 46.6 Å². The van der Waals surface area contributed by atoms with Crippen molar-refractivity contribution in [2.75, 3.05) is 5.32 Å². The van der Waals surface area contributed by atoms with Gasteiger partial charge in [-0.2, -0.15) is 0 Å². The molecule has 3 heteroatoms. The molecule has 2 nitrogen and oxygen atoms in total. The van der Waals surface area contributed by atoms with Crippen LogP contribution < -0.4 is 10.6 Å². The maximum absolute atomic E-state index is 5.45. The van der Waals surface area contributed by atoms with Crippen LogP contribution in [0.3, 0.4) is 0 Å². The van der Waals surface area contributed by atoms with Gasteiger partial charge in [0.05, 0.1) is 6.04 Å². The first-order valence-corrected chi connectivity index (χ1v) is 8.52. The third-order valence-electron chi connectivity index (χ3n) is 4.08. The molecule has 0 saturated carbocycles. The predicted octanol–water partition coefficient (Wildman–Crippen LogP) is 5.47. The zero-order valence-electron chi connectivity index (χ0n) is 14.6. The Hall–Kier alpha value is -1.87. The highest BCUT2D eigenvalue weighted by Crippen LogP contribution is 2.19. The van der Waals surface area contributed by atoms with E-state index in [1.165, 1.54) is 22.3 Å². The molecular weight excluding hydrogens is 300 g/mol. The number of thiocarbonyl (C=S) groups is 1. The van der Waals surface area contributed by atoms with E-state index in [1.807, 2.05) is 0 Å². The van der Waals surface area contributed by atoms with Crippen molar-refractivity contribution in [2.24, 2.45) is 0 Å². The quantitative estimate of drug-likeness (QED) is 0.728. The van der Waals surface area contributed by atoms with Crippen LogP contribution in [0.15, 0.2) is 42.5 Å². The third-order valence-corrected chi connectivity index (χ3v) is 4.30. The second kappa shape index (κ2) is 7.60. The van der Waals surface area contributed by atoms with Gasteiger partial charge in [-0.1, -0.05) is 55.8 Å². The van der Waals surface area contributed by atoms with Crippen molar-refractivity contribution in [1.82, 2.24) is 5.32 Å². The van der Waals surface area contributed by atoms with Gasteiger partial charge in [0, 0.05) is 5.69 Å². The minimum atomic E-state index is 0.168. The van der Waals surface area contributed by atoms with Crippen LogP contribution in [0.5, 0.6) is 0 Å². The molecule has 0 heterocycles. The van der Waals surface area contributed by atoms with E-state index < -0.39 is 0 Å². The molecule has 0 radical (unpaired) electrons. The minimum Gasteiger partial charge on any atom is -0.356 e. The Morgan fingerprint density at radius 2 is 1.52 bits per heavy atom. The smallest absolute Gasteiger partial charge is 0.171 e. The highest BCUT2D eigenvalue weighted by Gasteiger charge is 2.09. The van der Waals surface area contributed by atoms with E-state index in [-0.39, 0.29) is 6.04 Å².